The highest BCUT2D eigenvalue weighted by Crippen LogP contribution is 2.28. The van der Waals surface area contributed by atoms with Gasteiger partial charge in [-0.3, -0.25) is 15.2 Å². The van der Waals surface area contributed by atoms with Gasteiger partial charge < -0.3 is 15.5 Å². The number of carbonyl (C=O) groups is 1. The van der Waals surface area contributed by atoms with Crippen LogP contribution in [0.1, 0.15) is 16.8 Å². The Hall–Kier alpha value is -3.34. The van der Waals surface area contributed by atoms with Crippen molar-refractivity contribution < 1.29 is 9.18 Å². The van der Waals surface area contributed by atoms with Gasteiger partial charge in [0.05, 0.1) is 10.6 Å². The molecule has 0 aliphatic heterocycles. The Morgan fingerprint density at radius 2 is 2.03 bits per heavy atom. The monoisotopic (exact) mass is 458 g/mol. The summed E-state index contributed by atoms with van der Waals surface area (Å²) in [6.45, 7) is 1.57. The molecule has 2 heterocycles. The van der Waals surface area contributed by atoms with Gasteiger partial charge in [-0.2, -0.15) is 4.98 Å². The molecular formula is C21H24ClFN8O. The Morgan fingerprint density at radius 1 is 1.22 bits per heavy atom. The van der Waals surface area contributed by atoms with E-state index in [9.17, 15) is 9.18 Å². The minimum Gasteiger partial charge on any atom is -0.369 e. The van der Waals surface area contributed by atoms with Gasteiger partial charge in [0.25, 0.3) is 5.91 Å². The molecule has 1 aromatic carbocycles. The molecule has 2 aromatic heterocycles. The molecule has 3 aromatic rings. The molecule has 11 heteroatoms. The summed E-state index contributed by atoms with van der Waals surface area (Å²) >= 11 is 5.86. The number of nitrogens with zero attached hydrogens (tertiary/aromatic N) is 4. The lowest BCUT2D eigenvalue weighted by Gasteiger charge is -2.15. The highest BCUT2D eigenvalue weighted by Gasteiger charge is 2.13. The quantitative estimate of drug-likeness (QED) is 0.167. The van der Waals surface area contributed by atoms with Crippen molar-refractivity contribution >= 4 is 35.0 Å². The van der Waals surface area contributed by atoms with Crippen molar-refractivity contribution in [1.29, 1.82) is 0 Å². The van der Waals surface area contributed by atoms with Gasteiger partial charge in [0.1, 0.15) is 11.6 Å². The van der Waals surface area contributed by atoms with E-state index in [0.717, 1.165) is 13.0 Å². The van der Waals surface area contributed by atoms with Crippen LogP contribution in [0.2, 0.25) is 5.02 Å². The molecule has 5 N–H and O–H groups in total. The molecule has 0 radical (unpaired) electrons. The van der Waals surface area contributed by atoms with E-state index in [1.807, 2.05) is 14.1 Å². The predicted molar refractivity (Wildman–Crippen MR) is 123 cm³/mol. The third-order valence-electron chi connectivity index (χ3n) is 4.48. The van der Waals surface area contributed by atoms with Crippen LogP contribution in [0, 0.1) is 5.82 Å². The number of nitrogen functional groups attached to an aromatic ring is 1. The summed E-state index contributed by atoms with van der Waals surface area (Å²) in [6, 6.07) is 5.92. The number of benzene rings is 1. The van der Waals surface area contributed by atoms with Gasteiger partial charge in [-0.1, -0.05) is 11.6 Å². The molecule has 0 bridgehead atoms. The molecular weight excluding hydrogens is 435 g/mol. The number of nitrogens with one attached hydrogen (secondary N) is 3. The molecule has 0 aliphatic carbocycles. The number of hydrazine groups is 1. The Kier molecular flexibility index (Phi) is 7.87. The molecule has 0 aliphatic rings. The number of nitrogens with two attached hydrogens (primary N) is 1. The van der Waals surface area contributed by atoms with Gasteiger partial charge in [0.15, 0.2) is 0 Å². The standard InChI is InChI=1S/C21H24ClFN8O/c1-31(2)7-3-6-26-19-16(13-8-14(11-25-10-13)20(32)30-24)12-27-21(29-19)28-15-4-5-18(23)17(22)9-15/h4-5,8-12H,3,6-7,24H2,1-2H3,(H,30,32)(H2,26,27,28,29). The van der Waals surface area contributed by atoms with Gasteiger partial charge in [0, 0.05) is 41.9 Å². The second kappa shape index (κ2) is 10.8. The van der Waals surface area contributed by atoms with E-state index in [1.54, 1.807) is 24.5 Å². The molecule has 3 rings (SSSR count). The Labute approximate surface area is 190 Å². The zero-order valence-corrected chi connectivity index (χ0v) is 18.4. The van der Waals surface area contributed by atoms with Crippen molar-refractivity contribution in [2.24, 2.45) is 5.84 Å². The molecule has 0 saturated carbocycles. The summed E-state index contributed by atoms with van der Waals surface area (Å²) in [6.07, 6.45) is 5.55. The first-order chi connectivity index (χ1) is 15.4. The lowest BCUT2D eigenvalue weighted by atomic mass is 10.1. The molecule has 0 atom stereocenters. The molecule has 168 valence electrons. The van der Waals surface area contributed by atoms with Crippen LogP contribution in [0.25, 0.3) is 11.1 Å². The van der Waals surface area contributed by atoms with E-state index in [2.05, 4.69) is 35.9 Å². The average Bonchev–Trinajstić information content (AvgIpc) is 2.79. The molecule has 0 saturated heterocycles. The topological polar surface area (TPSA) is 121 Å². The third-order valence-corrected chi connectivity index (χ3v) is 4.77. The molecule has 0 spiro atoms. The first kappa shape index (κ1) is 23.3. The first-order valence-electron chi connectivity index (χ1n) is 9.81. The van der Waals surface area contributed by atoms with E-state index >= 15 is 0 Å². The average molecular weight is 459 g/mol. The molecule has 32 heavy (non-hydrogen) atoms. The van der Waals surface area contributed by atoms with Gasteiger partial charge in [-0.25, -0.2) is 15.2 Å². The lowest BCUT2D eigenvalue weighted by molar-refractivity contribution is 0.0953. The summed E-state index contributed by atoms with van der Waals surface area (Å²) in [4.78, 5) is 27.0. The van der Waals surface area contributed by atoms with Crippen molar-refractivity contribution in [3.63, 3.8) is 0 Å². The zero-order valence-electron chi connectivity index (χ0n) is 17.7. The summed E-state index contributed by atoms with van der Waals surface area (Å²) in [5, 5.41) is 6.34. The SMILES string of the molecule is CN(C)CCCNc1nc(Nc2ccc(F)c(Cl)c2)ncc1-c1cncc(C(=O)NN)c1. The number of hydrogen-bond acceptors (Lipinski definition) is 8. The first-order valence-corrected chi connectivity index (χ1v) is 10.2. The third kappa shape index (κ3) is 6.10. The van der Waals surface area contributed by atoms with Crippen LogP contribution >= 0.6 is 11.6 Å². The number of hydrogen-bond donors (Lipinski definition) is 4. The van der Waals surface area contributed by atoms with Crippen LogP contribution in [-0.4, -0.2) is 52.9 Å². The number of halogens is 2. The second-order valence-electron chi connectivity index (χ2n) is 7.23. The number of amides is 1. The normalized spacial score (nSPS) is 10.8. The van der Waals surface area contributed by atoms with Crippen LogP contribution in [-0.2, 0) is 0 Å². The number of carbonyl (C=O) groups excluding carboxylic acids is 1. The Balaban J connectivity index is 1.91. The summed E-state index contributed by atoms with van der Waals surface area (Å²) in [5.74, 6) is 5.13. The molecule has 1 amide bonds. The van der Waals surface area contributed by atoms with Crippen molar-refractivity contribution in [2.45, 2.75) is 6.42 Å². The van der Waals surface area contributed by atoms with E-state index < -0.39 is 11.7 Å². The van der Waals surface area contributed by atoms with Crippen molar-refractivity contribution in [2.75, 3.05) is 37.8 Å². The van der Waals surface area contributed by atoms with Crippen LogP contribution in [0.4, 0.5) is 21.8 Å². The zero-order chi connectivity index (χ0) is 23.1. The Morgan fingerprint density at radius 3 is 2.75 bits per heavy atom. The van der Waals surface area contributed by atoms with E-state index in [4.69, 9.17) is 17.4 Å². The van der Waals surface area contributed by atoms with Crippen LogP contribution in [0.3, 0.4) is 0 Å². The number of anilines is 3. The minimum atomic E-state index is -0.509. The second-order valence-corrected chi connectivity index (χ2v) is 7.64. The Bertz CT molecular complexity index is 1100. The van der Waals surface area contributed by atoms with Crippen LogP contribution in [0.15, 0.2) is 42.9 Å². The number of aromatic nitrogens is 3. The summed E-state index contributed by atoms with van der Waals surface area (Å²) in [5.41, 5.74) is 4.27. The van der Waals surface area contributed by atoms with Crippen LogP contribution < -0.4 is 21.9 Å². The number of rotatable bonds is 9. The van der Waals surface area contributed by atoms with Crippen molar-refractivity contribution in [1.82, 2.24) is 25.3 Å². The molecule has 0 fully saturated rings. The van der Waals surface area contributed by atoms with Crippen LogP contribution in [0.5, 0.6) is 0 Å². The highest BCUT2D eigenvalue weighted by molar-refractivity contribution is 6.31. The van der Waals surface area contributed by atoms with E-state index in [-0.39, 0.29) is 5.02 Å². The maximum absolute atomic E-state index is 13.4. The largest absolute Gasteiger partial charge is 0.369 e. The van der Waals surface area contributed by atoms with Crippen molar-refractivity contribution in [3.8, 4) is 11.1 Å². The maximum atomic E-state index is 13.4. The predicted octanol–water partition coefficient (Wildman–Crippen LogP) is 3.04. The fourth-order valence-corrected chi connectivity index (χ4v) is 3.07. The van der Waals surface area contributed by atoms with Gasteiger partial charge in [0.2, 0.25) is 5.95 Å². The fourth-order valence-electron chi connectivity index (χ4n) is 2.89. The number of pyridine rings is 1. The molecule has 9 nitrogen and oxygen atoms in total. The van der Waals surface area contributed by atoms with Crippen molar-refractivity contribution in [3.05, 3.63) is 59.3 Å². The van der Waals surface area contributed by atoms with Gasteiger partial charge in [-0.15, -0.1) is 0 Å². The highest BCUT2D eigenvalue weighted by atomic mass is 35.5. The maximum Gasteiger partial charge on any atom is 0.266 e. The van der Waals surface area contributed by atoms with E-state index in [1.165, 1.54) is 18.3 Å². The summed E-state index contributed by atoms with van der Waals surface area (Å²) in [7, 11) is 4.01. The smallest absolute Gasteiger partial charge is 0.266 e. The van der Waals surface area contributed by atoms with E-state index in [0.29, 0.717) is 40.7 Å². The summed E-state index contributed by atoms with van der Waals surface area (Å²) < 4.78 is 13.4. The lowest BCUT2D eigenvalue weighted by Crippen LogP contribution is -2.30. The minimum absolute atomic E-state index is 0.00489. The van der Waals surface area contributed by atoms with Gasteiger partial charge >= 0.3 is 0 Å². The fraction of sp³-hybridized carbons (Fsp3) is 0.238. The molecule has 0 unspecified atom stereocenters. The van der Waals surface area contributed by atoms with Gasteiger partial charge in [-0.05, 0) is 51.3 Å².